The van der Waals surface area contributed by atoms with Gasteiger partial charge in [0.2, 0.25) is 0 Å². The second-order valence-electron chi connectivity index (χ2n) is 4.88. The van der Waals surface area contributed by atoms with Crippen LogP contribution in [0.2, 0.25) is 0 Å². The molecule has 0 bridgehead atoms. The summed E-state index contributed by atoms with van der Waals surface area (Å²) in [6.45, 7) is 1.96. The Labute approximate surface area is 115 Å². The molecule has 0 fully saturated rings. The molecule has 0 heterocycles. The average Bonchev–Trinajstić information content (AvgIpc) is 2.25. The van der Waals surface area contributed by atoms with Gasteiger partial charge in [0.1, 0.15) is 5.82 Å². The summed E-state index contributed by atoms with van der Waals surface area (Å²) in [7, 11) is -1.86. The van der Waals surface area contributed by atoms with Gasteiger partial charge in [-0.05, 0) is 37.0 Å². The molecular weight excluding hydrogens is 277 g/mol. The van der Waals surface area contributed by atoms with E-state index in [4.69, 9.17) is 10.0 Å². The van der Waals surface area contributed by atoms with Crippen LogP contribution in [0.5, 0.6) is 0 Å². The topological polar surface area (TPSA) is 43.7 Å². The van der Waals surface area contributed by atoms with Crippen molar-refractivity contribution >= 4 is 12.6 Å². The lowest BCUT2D eigenvalue weighted by Crippen LogP contribution is -2.39. The zero-order valence-corrected chi connectivity index (χ0v) is 11.2. The summed E-state index contributed by atoms with van der Waals surface area (Å²) in [6.07, 6.45) is -4.35. The first-order chi connectivity index (χ1) is 9.08. The summed E-state index contributed by atoms with van der Waals surface area (Å²) in [5, 5.41) is 18.0. The van der Waals surface area contributed by atoms with Gasteiger partial charge >= 0.3 is 13.3 Å². The van der Waals surface area contributed by atoms with Crippen molar-refractivity contribution in [3.8, 4) is 0 Å². The number of alkyl halides is 3. The maximum atomic E-state index is 13.3. The third kappa shape index (κ3) is 5.48. The Bertz CT molecular complexity index is 452. The van der Waals surface area contributed by atoms with Crippen molar-refractivity contribution in [1.82, 2.24) is 4.90 Å². The van der Waals surface area contributed by atoms with Crippen LogP contribution in [-0.4, -0.2) is 40.8 Å². The van der Waals surface area contributed by atoms with E-state index in [1.54, 1.807) is 13.8 Å². The largest absolute Gasteiger partial charge is 0.488 e. The molecule has 0 saturated heterocycles. The predicted octanol–water partition coefficient (Wildman–Crippen LogP) is 1.28. The van der Waals surface area contributed by atoms with Crippen LogP contribution >= 0.6 is 0 Å². The highest BCUT2D eigenvalue weighted by molar-refractivity contribution is 6.58. The quantitative estimate of drug-likeness (QED) is 0.635. The summed E-state index contributed by atoms with van der Waals surface area (Å²) in [6, 6.07) is 2.90. The highest BCUT2D eigenvalue weighted by Gasteiger charge is 2.31. The SMILES string of the molecule is CC(C)N(Cc1cc(F)cc(B(O)O)c1)CC(F)(F)F. The van der Waals surface area contributed by atoms with E-state index in [1.807, 2.05) is 0 Å². The lowest BCUT2D eigenvalue weighted by molar-refractivity contribution is -0.150. The monoisotopic (exact) mass is 293 g/mol. The highest BCUT2D eigenvalue weighted by Crippen LogP contribution is 2.20. The average molecular weight is 293 g/mol. The van der Waals surface area contributed by atoms with Gasteiger partial charge in [0.05, 0.1) is 6.54 Å². The van der Waals surface area contributed by atoms with Crippen LogP contribution in [0.1, 0.15) is 19.4 Å². The van der Waals surface area contributed by atoms with Crippen molar-refractivity contribution in [1.29, 1.82) is 0 Å². The van der Waals surface area contributed by atoms with E-state index in [0.717, 1.165) is 17.0 Å². The number of hydrogen-bond acceptors (Lipinski definition) is 3. The van der Waals surface area contributed by atoms with E-state index in [0.29, 0.717) is 0 Å². The standard InChI is InChI=1S/C12H16BF4NO2/c1-8(2)18(7-12(15,16)17)6-9-3-10(13(19)20)5-11(14)4-9/h3-5,8,19-20H,6-7H2,1-2H3. The number of rotatable bonds is 5. The minimum atomic E-state index is -4.35. The van der Waals surface area contributed by atoms with Crippen molar-refractivity contribution < 1.29 is 27.6 Å². The normalized spacial score (nSPS) is 12.3. The summed E-state index contributed by atoms with van der Waals surface area (Å²) < 4.78 is 50.7. The first kappa shape index (κ1) is 16.9. The number of nitrogens with zero attached hydrogens (tertiary/aromatic N) is 1. The maximum absolute atomic E-state index is 13.3. The Morgan fingerprint density at radius 2 is 1.80 bits per heavy atom. The molecule has 0 aliphatic carbocycles. The maximum Gasteiger partial charge on any atom is 0.488 e. The molecule has 112 valence electrons. The lowest BCUT2D eigenvalue weighted by Gasteiger charge is -2.27. The minimum absolute atomic E-state index is 0.0873. The molecule has 20 heavy (non-hydrogen) atoms. The molecule has 0 radical (unpaired) electrons. The van der Waals surface area contributed by atoms with Crippen molar-refractivity contribution in [3.05, 3.63) is 29.6 Å². The van der Waals surface area contributed by atoms with E-state index in [-0.39, 0.29) is 23.6 Å². The molecule has 3 nitrogen and oxygen atoms in total. The Balaban J connectivity index is 2.93. The van der Waals surface area contributed by atoms with E-state index in [2.05, 4.69) is 0 Å². The van der Waals surface area contributed by atoms with Crippen LogP contribution in [0, 0.1) is 5.82 Å². The van der Waals surface area contributed by atoms with Gasteiger partial charge in [-0.3, -0.25) is 4.90 Å². The van der Waals surface area contributed by atoms with Gasteiger partial charge in [0.25, 0.3) is 0 Å². The summed E-state index contributed by atoms with van der Waals surface area (Å²) in [4.78, 5) is 1.13. The lowest BCUT2D eigenvalue weighted by atomic mass is 9.79. The fourth-order valence-corrected chi connectivity index (χ4v) is 1.80. The van der Waals surface area contributed by atoms with Gasteiger partial charge in [-0.25, -0.2) is 4.39 Å². The third-order valence-corrected chi connectivity index (χ3v) is 2.78. The van der Waals surface area contributed by atoms with Crippen molar-refractivity contribution in [3.63, 3.8) is 0 Å². The Kier molecular flexibility index (Phi) is 5.55. The first-order valence-electron chi connectivity index (χ1n) is 6.05. The van der Waals surface area contributed by atoms with E-state index in [9.17, 15) is 17.6 Å². The molecule has 1 rings (SSSR count). The highest BCUT2D eigenvalue weighted by atomic mass is 19.4. The molecule has 0 aromatic heterocycles. The van der Waals surface area contributed by atoms with Crippen LogP contribution in [0.15, 0.2) is 18.2 Å². The first-order valence-corrected chi connectivity index (χ1v) is 6.05. The fraction of sp³-hybridized carbons (Fsp3) is 0.500. The fourth-order valence-electron chi connectivity index (χ4n) is 1.80. The van der Waals surface area contributed by atoms with Gasteiger partial charge in [-0.1, -0.05) is 6.07 Å². The van der Waals surface area contributed by atoms with Gasteiger partial charge in [0.15, 0.2) is 0 Å². The third-order valence-electron chi connectivity index (χ3n) is 2.78. The van der Waals surface area contributed by atoms with Gasteiger partial charge in [-0.2, -0.15) is 13.2 Å². The number of halogens is 4. The molecule has 0 saturated carbocycles. The summed E-state index contributed by atoms with van der Waals surface area (Å²) in [5.41, 5.74) is 0.168. The van der Waals surface area contributed by atoms with Crippen molar-refractivity contribution in [2.75, 3.05) is 6.54 Å². The molecule has 1 aromatic carbocycles. The zero-order valence-electron chi connectivity index (χ0n) is 11.2. The number of hydrogen-bond donors (Lipinski definition) is 2. The Hall–Kier alpha value is -1.12. The molecular formula is C12H16BF4NO2. The van der Waals surface area contributed by atoms with E-state index < -0.39 is 25.7 Å². The molecule has 0 atom stereocenters. The summed E-state index contributed by atoms with van der Waals surface area (Å²) in [5.74, 6) is -0.721. The Morgan fingerprint density at radius 3 is 2.25 bits per heavy atom. The zero-order chi connectivity index (χ0) is 15.5. The second-order valence-corrected chi connectivity index (χ2v) is 4.88. The van der Waals surface area contributed by atoms with Crippen LogP contribution < -0.4 is 5.46 Å². The van der Waals surface area contributed by atoms with Crippen molar-refractivity contribution in [2.24, 2.45) is 0 Å². The van der Waals surface area contributed by atoms with Crippen LogP contribution in [-0.2, 0) is 6.54 Å². The van der Waals surface area contributed by atoms with Crippen molar-refractivity contribution in [2.45, 2.75) is 32.6 Å². The van der Waals surface area contributed by atoms with Crippen LogP contribution in [0.4, 0.5) is 17.6 Å². The minimum Gasteiger partial charge on any atom is -0.423 e. The molecule has 1 aromatic rings. The van der Waals surface area contributed by atoms with Gasteiger partial charge in [0, 0.05) is 12.6 Å². The predicted molar refractivity (Wildman–Crippen MR) is 67.8 cm³/mol. The van der Waals surface area contributed by atoms with Gasteiger partial charge < -0.3 is 10.0 Å². The van der Waals surface area contributed by atoms with Gasteiger partial charge in [-0.15, -0.1) is 0 Å². The molecule has 0 amide bonds. The molecule has 0 aliphatic heterocycles. The van der Waals surface area contributed by atoms with Crippen LogP contribution in [0.3, 0.4) is 0 Å². The molecule has 0 unspecified atom stereocenters. The second kappa shape index (κ2) is 6.56. The van der Waals surface area contributed by atoms with E-state index in [1.165, 1.54) is 6.07 Å². The van der Waals surface area contributed by atoms with E-state index >= 15 is 0 Å². The number of benzene rings is 1. The smallest absolute Gasteiger partial charge is 0.423 e. The molecule has 0 aliphatic rings. The molecule has 2 N–H and O–H groups in total. The van der Waals surface area contributed by atoms with Crippen LogP contribution in [0.25, 0.3) is 0 Å². The summed E-state index contributed by atoms with van der Waals surface area (Å²) >= 11 is 0. The molecule has 0 spiro atoms. The Morgan fingerprint density at radius 1 is 1.20 bits per heavy atom. The molecule has 8 heteroatoms.